The van der Waals surface area contributed by atoms with Crippen LogP contribution in [0.1, 0.15) is 31.2 Å². The monoisotopic (exact) mass is 236 g/mol. The van der Waals surface area contributed by atoms with Crippen molar-refractivity contribution in [2.45, 2.75) is 31.8 Å². The second kappa shape index (κ2) is 5.41. The zero-order chi connectivity index (χ0) is 12.3. The SMILES string of the molecule is COc1ccc([C@H]2CCCO[C@H]2C)cc1OC. The molecule has 0 saturated carbocycles. The van der Waals surface area contributed by atoms with Gasteiger partial charge in [-0.1, -0.05) is 6.07 Å². The van der Waals surface area contributed by atoms with E-state index in [0.29, 0.717) is 5.92 Å². The first-order chi connectivity index (χ1) is 8.26. The maximum atomic E-state index is 5.70. The molecule has 2 atom stereocenters. The minimum absolute atomic E-state index is 0.279. The molecule has 0 spiro atoms. The van der Waals surface area contributed by atoms with Gasteiger partial charge in [0.25, 0.3) is 0 Å². The molecule has 1 saturated heterocycles. The Kier molecular flexibility index (Phi) is 3.89. The maximum Gasteiger partial charge on any atom is 0.160 e. The molecular weight excluding hydrogens is 216 g/mol. The molecule has 3 heteroatoms. The van der Waals surface area contributed by atoms with Gasteiger partial charge in [-0.25, -0.2) is 0 Å². The fourth-order valence-electron chi connectivity index (χ4n) is 2.44. The molecule has 17 heavy (non-hydrogen) atoms. The molecule has 1 aromatic carbocycles. The second-order valence-electron chi connectivity index (χ2n) is 4.44. The Balaban J connectivity index is 2.25. The zero-order valence-corrected chi connectivity index (χ0v) is 10.7. The molecule has 1 heterocycles. The molecule has 1 fully saturated rings. The summed E-state index contributed by atoms with van der Waals surface area (Å²) in [6.07, 6.45) is 2.59. The van der Waals surface area contributed by atoms with Crippen LogP contribution in [-0.4, -0.2) is 26.9 Å². The van der Waals surface area contributed by atoms with Crippen LogP contribution >= 0.6 is 0 Å². The fraction of sp³-hybridized carbons (Fsp3) is 0.571. The molecule has 1 aromatic rings. The van der Waals surface area contributed by atoms with Crippen LogP contribution in [0.15, 0.2) is 18.2 Å². The maximum absolute atomic E-state index is 5.70. The minimum Gasteiger partial charge on any atom is -0.493 e. The molecular formula is C14H20O3. The number of hydrogen-bond acceptors (Lipinski definition) is 3. The molecule has 1 aliphatic rings. The molecule has 0 bridgehead atoms. The Morgan fingerprint density at radius 1 is 1.18 bits per heavy atom. The largest absolute Gasteiger partial charge is 0.493 e. The Morgan fingerprint density at radius 3 is 2.59 bits per heavy atom. The Morgan fingerprint density at radius 2 is 1.94 bits per heavy atom. The summed E-state index contributed by atoms with van der Waals surface area (Å²) in [5, 5.41) is 0. The molecule has 0 radical (unpaired) electrons. The lowest BCUT2D eigenvalue weighted by Crippen LogP contribution is -2.24. The second-order valence-corrected chi connectivity index (χ2v) is 4.44. The van der Waals surface area contributed by atoms with E-state index in [4.69, 9.17) is 14.2 Å². The molecule has 0 amide bonds. The fourth-order valence-corrected chi connectivity index (χ4v) is 2.44. The van der Waals surface area contributed by atoms with Gasteiger partial charge in [0.05, 0.1) is 20.3 Å². The van der Waals surface area contributed by atoms with E-state index < -0.39 is 0 Å². The van der Waals surface area contributed by atoms with Crippen molar-refractivity contribution in [2.75, 3.05) is 20.8 Å². The smallest absolute Gasteiger partial charge is 0.160 e. The van der Waals surface area contributed by atoms with Gasteiger partial charge in [-0.15, -0.1) is 0 Å². The predicted molar refractivity (Wildman–Crippen MR) is 66.9 cm³/mol. The number of benzene rings is 1. The molecule has 0 aliphatic carbocycles. The summed E-state index contributed by atoms with van der Waals surface area (Å²) < 4.78 is 16.3. The summed E-state index contributed by atoms with van der Waals surface area (Å²) in [5.74, 6) is 2.03. The standard InChI is InChI=1S/C14H20O3/c1-10-12(5-4-8-17-10)11-6-7-13(15-2)14(9-11)16-3/h6-7,9-10,12H,4-5,8H2,1-3H3/t10-,12-/m0/s1. The predicted octanol–water partition coefficient (Wildman–Crippen LogP) is 2.99. The van der Waals surface area contributed by atoms with Crippen molar-refractivity contribution in [3.63, 3.8) is 0 Å². The van der Waals surface area contributed by atoms with Gasteiger partial charge in [0.2, 0.25) is 0 Å². The van der Waals surface area contributed by atoms with E-state index in [9.17, 15) is 0 Å². The molecule has 2 rings (SSSR count). The van der Waals surface area contributed by atoms with Crippen molar-refractivity contribution in [2.24, 2.45) is 0 Å². The highest BCUT2D eigenvalue weighted by Gasteiger charge is 2.24. The highest BCUT2D eigenvalue weighted by atomic mass is 16.5. The number of ether oxygens (including phenoxy) is 3. The number of rotatable bonds is 3. The Bertz CT molecular complexity index is 376. The lowest BCUT2D eigenvalue weighted by molar-refractivity contribution is 0.0115. The van der Waals surface area contributed by atoms with Crippen LogP contribution < -0.4 is 9.47 Å². The van der Waals surface area contributed by atoms with Gasteiger partial charge in [0.1, 0.15) is 0 Å². The highest BCUT2D eigenvalue weighted by Crippen LogP contribution is 2.36. The van der Waals surface area contributed by atoms with E-state index in [0.717, 1.165) is 24.5 Å². The molecule has 0 N–H and O–H groups in total. The van der Waals surface area contributed by atoms with Gasteiger partial charge in [-0.2, -0.15) is 0 Å². The molecule has 3 nitrogen and oxygen atoms in total. The van der Waals surface area contributed by atoms with E-state index in [1.54, 1.807) is 14.2 Å². The summed E-state index contributed by atoms with van der Waals surface area (Å²) in [7, 11) is 3.33. The summed E-state index contributed by atoms with van der Waals surface area (Å²) in [4.78, 5) is 0. The average Bonchev–Trinajstić information content (AvgIpc) is 2.38. The van der Waals surface area contributed by atoms with E-state index in [-0.39, 0.29) is 6.10 Å². The van der Waals surface area contributed by atoms with Gasteiger partial charge in [0.15, 0.2) is 11.5 Å². The first-order valence-electron chi connectivity index (χ1n) is 6.09. The molecule has 1 aliphatic heterocycles. The molecule has 94 valence electrons. The summed E-state index contributed by atoms with van der Waals surface area (Å²) in [6, 6.07) is 6.14. The van der Waals surface area contributed by atoms with Crippen molar-refractivity contribution in [1.29, 1.82) is 0 Å². The Labute approximate surface area is 103 Å². The van der Waals surface area contributed by atoms with Crippen LogP contribution in [-0.2, 0) is 4.74 Å². The van der Waals surface area contributed by atoms with Crippen LogP contribution in [0.25, 0.3) is 0 Å². The van der Waals surface area contributed by atoms with Crippen LogP contribution in [0.5, 0.6) is 11.5 Å². The van der Waals surface area contributed by atoms with Crippen LogP contribution in [0.4, 0.5) is 0 Å². The minimum atomic E-state index is 0.279. The van der Waals surface area contributed by atoms with E-state index in [1.165, 1.54) is 12.0 Å². The van der Waals surface area contributed by atoms with E-state index in [1.807, 2.05) is 6.07 Å². The van der Waals surface area contributed by atoms with Gasteiger partial charge in [-0.05, 0) is 37.5 Å². The molecule has 0 unspecified atom stereocenters. The van der Waals surface area contributed by atoms with Crippen LogP contribution in [0.3, 0.4) is 0 Å². The first-order valence-corrected chi connectivity index (χ1v) is 6.09. The zero-order valence-electron chi connectivity index (χ0n) is 10.7. The van der Waals surface area contributed by atoms with Crippen LogP contribution in [0, 0.1) is 0 Å². The van der Waals surface area contributed by atoms with Crippen LogP contribution in [0.2, 0.25) is 0 Å². The third-order valence-electron chi connectivity index (χ3n) is 3.44. The van der Waals surface area contributed by atoms with Gasteiger partial charge < -0.3 is 14.2 Å². The summed E-state index contributed by atoms with van der Waals surface area (Å²) in [5.41, 5.74) is 1.27. The third-order valence-corrected chi connectivity index (χ3v) is 3.44. The lowest BCUT2D eigenvalue weighted by atomic mass is 9.88. The summed E-state index contributed by atoms with van der Waals surface area (Å²) in [6.45, 7) is 3.02. The quantitative estimate of drug-likeness (QED) is 0.807. The van der Waals surface area contributed by atoms with Gasteiger partial charge >= 0.3 is 0 Å². The summed E-state index contributed by atoms with van der Waals surface area (Å²) >= 11 is 0. The van der Waals surface area contributed by atoms with Crippen molar-refractivity contribution < 1.29 is 14.2 Å². The van der Waals surface area contributed by atoms with E-state index in [2.05, 4.69) is 19.1 Å². The molecule has 0 aromatic heterocycles. The number of methoxy groups -OCH3 is 2. The van der Waals surface area contributed by atoms with E-state index >= 15 is 0 Å². The Hall–Kier alpha value is -1.22. The van der Waals surface area contributed by atoms with Crippen molar-refractivity contribution in [3.05, 3.63) is 23.8 Å². The van der Waals surface area contributed by atoms with Crippen molar-refractivity contribution >= 4 is 0 Å². The van der Waals surface area contributed by atoms with Crippen molar-refractivity contribution in [1.82, 2.24) is 0 Å². The average molecular weight is 236 g/mol. The lowest BCUT2D eigenvalue weighted by Gasteiger charge is -2.29. The topological polar surface area (TPSA) is 27.7 Å². The number of hydrogen-bond donors (Lipinski definition) is 0. The van der Waals surface area contributed by atoms with Crippen molar-refractivity contribution in [3.8, 4) is 11.5 Å². The highest BCUT2D eigenvalue weighted by molar-refractivity contribution is 5.44. The first kappa shape index (κ1) is 12.2. The van der Waals surface area contributed by atoms with Gasteiger partial charge in [-0.3, -0.25) is 0 Å². The normalized spacial score (nSPS) is 24.4. The van der Waals surface area contributed by atoms with Gasteiger partial charge in [0, 0.05) is 12.5 Å². The third kappa shape index (κ3) is 2.55.